The molecule has 0 aliphatic carbocycles. The molecule has 0 saturated heterocycles. The average molecular weight is 233 g/mol. The van der Waals surface area contributed by atoms with Crippen LogP contribution in [0.2, 0.25) is 0 Å². The molecule has 1 rings (SSSR count). The molecule has 1 aromatic heterocycles. The minimum Gasteiger partial charge on any atom is -0.261 e. The van der Waals surface area contributed by atoms with E-state index in [1.54, 1.807) is 0 Å². The van der Waals surface area contributed by atoms with Gasteiger partial charge in [-0.05, 0) is 25.0 Å². The van der Waals surface area contributed by atoms with E-state index in [1.807, 2.05) is 12.3 Å². The predicted molar refractivity (Wildman–Crippen MR) is 75.3 cm³/mol. The summed E-state index contributed by atoms with van der Waals surface area (Å²) in [7, 11) is 0. The summed E-state index contributed by atoms with van der Waals surface area (Å²) in [6, 6.07) is 6.28. The van der Waals surface area contributed by atoms with E-state index in [2.05, 4.69) is 37.9 Å². The lowest BCUT2D eigenvalue weighted by molar-refractivity contribution is 0.385. The van der Waals surface area contributed by atoms with Crippen molar-refractivity contribution in [3.63, 3.8) is 0 Å². The number of unbranched alkanes of at least 4 members (excludes halogenated alkanes) is 4. The number of nitrogens with zero attached hydrogens (tertiary/aromatic N) is 1. The molecule has 1 unspecified atom stereocenters. The third-order valence-corrected chi connectivity index (χ3v) is 3.90. The van der Waals surface area contributed by atoms with Crippen LogP contribution in [-0.2, 0) is 5.41 Å². The summed E-state index contributed by atoms with van der Waals surface area (Å²) in [5.74, 6) is 0. The molecule has 0 fully saturated rings. The van der Waals surface area contributed by atoms with Gasteiger partial charge in [0.05, 0.1) is 0 Å². The van der Waals surface area contributed by atoms with Crippen LogP contribution in [-0.4, -0.2) is 4.98 Å². The van der Waals surface area contributed by atoms with Crippen molar-refractivity contribution in [2.45, 2.75) is 71.1 Å². The summed E-state index contributed by atoms with van der Waals surface area (Å²) < 4.78 is 0. The Morgan fingerprint density at radius 2 is 1.82 bits per heavy atom. The van der Waals surface area contributed by atoms with Crippen LogP contribution in [0.25, 0.3) is 0 Å². The van der Waals surface area contributed by atoms with E-state index in [4.69, 9.17) is 0 Å². The van der Waals surface area contributed by atoms with Crippen LogP contribution in [0.4, 0.5) is 0 Å². The molecule has 1 aromatic rings. The largest absolute Gasteiger partial charge is 0.261 e. The number of pyridine rings is 1. The van der Waals surface area contributed by atoms with E-state index in [0.29, 0.717) is 0 Å². The summed E-state index contributed by atoms with van der Waals surface area (Å²) in [6.07, 6.45) is 11.2. The second-order valence-corrected chi connectivity index (χ2v) is 5.29. The molecule has 17 heavy (non-hydrogen) atoms. The summed E-state index contributed by atoms with van der Waals surface area (Å²) in [4.78, 5) is 4.54. The number of hydrogen-bond donors (Lipinski definition) is 0. The molecule has 0 bridgehead atoms. The number of aromatic nitrogens is 1. The molecule has 0 aliphatic heterocycles. The summed E-state index contributed by atoms with van der Waals surface area (Å²) >= 11 is 0. The fraction of sp³-hybridized carbons (Fsp3) is 0.688. The van der Waals surface area contributed by atoms with Gasteiger partial charge in [0.2, 0.25) is 0 Å². The van der Waals surface area contributed by atoms with Gasteiger partial charge in [-0.15, -0.1) is 0 Å². The van der Waals surface area contributed by atoms with Crippen LogP contribution in [0.15, 0.2) is 24.4 Å². The highest BCUT2D eigenvalue weighted by molar-refractivity contribution is 5.15. The van der Waals surface area contributed by atoms with Crippen LogP contribution in [0, 0.1) is 0 Å². The molecule has 1 atom stereocenters. The molecule has 0 spiro atoms. The molecule has 1 heteroatoms. The van der Waals surface area contributed by atoms with E-state index < -0.39 is 0 Å². The summed E-state index contributed by atoms with van der Waals surface area (Å²) in [6.45, 7) is 6.90. The van der Waals surface area contributed by atoms with E-state index in [0.717, 1.165) is 0 Å². The molecule has 1 heterocycles. The van der Waals surface area contributed by atoms with Crippen molar-refractivity contribution in [3.8, 4) is 0 Å². The van der Waals surface area contributed by atoms with Crippen LogP contribution in [0.1, 0.15) is 71.4 Å². The second-order valence-electron chi connectivity index (χ2n) is 5.29. The van der Waals surface area contributed by atoms with Gasteiger partial charge in [-0.1, -0.05) is 58.9 Å². The van der Waals surface area contributed by atoms with Gasteiger partial charge >= 0.3 is 0 Å². The van der Waals surface area contributed by atoms with Gasteiger partial charge in [-0.2, -0.15) is 0 Å². The summed E-state index contributed by atoms with van der Waals surface area (Å²) in [5, 5.41) is 0. The highest BCUT2D eigenvalue weighted by Gasteiger charge is 2.24. The van der Waals surface area contributed by atoms with Crippen molar-refractivity contribution in [2.24, 2.45) is 0 Å². The first-order valence-corrected chi connectivity index (χ1v) is 7.14. The SMILES string of the molecule is CCCCCCCC(C)(CC)c1ccccn1. The van der Waals surface area contributed by atoms with Gasteiger partial charge in [0.15, 0.2) is 0 Å². The summed E-state index contributed by atoms with van der Waals surface area (Å²) in [5.41, 5.74) is 1.53. The Hall–Kier alpha value is -0.850. The van der Waals surface area contributed by atoms with Crippen molar-refractivity contribution in [2.75, 3.05) is 0 Å². The topological polar surface area (TPSA) is 12.9 Å². The first-order valence-electron chi connectivity index (χ1n) is 7.14. The molecule has 0 amide bonds. The Morgan fingerprint density at radius 1 is 1.06 bits per heavy atom. The van der Waals surface area contributed by atoms with Crippen LogP contribution < -0.4 is 0 Å². The Kier molecular flexibility index (Phi) is 6.25. The van der Waals surface area contributed by atoms with Crippen LogP contribution in [0.5, 0.6) is 0 Å². The fourth-order valence-corrected chi connectivity index (χ4v) is 2.32. The second kappa shape index (κ2) is 7.47. The first kappa shape index (κ1) is 14.2. The highest BCUT2D eigenvalue weighted by atomic mass is 14.7. The van der Waals surface area contributed by atoms with E-state index in [-0.39, 0.29) is 5.41 Å². The third-order valence-electron chi connectivity index (χ3n) is 3.90. The quantitative estimate of drug-likeness (QED) is 0.569. The maximum absolute atomic E-state index is 4.54. The molecule has 0 radical (unpaired) electrons. The van der Waals surface area contributed by atoms with Gasteiger partial charge in [-0.3, -0.25) is 4.98 Å². The average Bonchev–Trinajstić information content (AvgIpc) is 2.39. The van der Waals surface area contributed by atoms with Crippen molar-refractivity contribution >= 4 is 0 Å². The Morgan fingerprint density at radius 3 is 2.41 bits per heavy atom. The number of rotatable bonds is 8. The Balaban J connectivity index is 2.46. The minimum absolute atomic E-state index is 0.271. The minimum atomic E-state index is 0.271. The lowest BCUT2D eigenvalue weighted by Gasteiger charge is -2.27. The maximum Gasteiger partial charge on any atom is 0.0462 e. The van der Waals surface area contributed by atoms with Gasteiger partial charge in [-0.25, -0.2) is 0 Å². The standard InChI is InChI=1S/C16H27N/c1-4-6-7-8-10-13-16(3,5-2)15-12-9-11-14-17-15/h9,11-12,14H,4-8,10,13H2,1-3H3. The van der Waals surface area contributed by atoms with E-state index in [9.17, 15) is 0 Å². The van der Waals surface area contributed by atoms with Crippen LogP contribution >= 0.6 is 0 Å². The van der Waals surface area contributed by atoms with Gasteiger partial charge in [0, 0.05) is 17.3 Å². The molecule has 0 aromatic carbocycles. The molecular weight excluding hydrogens is 206 g/mol. The zero-order chi connectivity index (χ0) is 12.6. The number of hydrogen-bond acceptors (Lipinski definition) is 1. The van der Waals surface area contributed by atoms with E-state index in [1.165, 1.54) is 50.6 Å². The fourth-order valence-electron chi connectivity index (χ4n) is 2.32. The third kappa shape index (κ3) is 4.49. The predicted octanol–water partition coefficient (Wildman–Crippen LogP) is 5.11. The Labute approximate surface area is 107 Å². The van der Waals surface area contributed by atoms with Crippen molar-refractivity contribution in [1.29, 1.82) is 0 Å². The zero-order valence-corrected chi connectivity index (χ0v) is 11.7. The molecule has 96 valence electrons. The normalized spacial score (nSPS) is 14.5. The molecule has 0 saturated carbocycles. The van der Waals surface area contributed by atoms with Gasteiger partial charge in [0.1, 0.15) is 0 Å². The molecule has 0 aliphatic rings. The van der Waals surface area contributed by atoms with E-state index >= 15 is 0 Å². The van der Waals surface area contributed by atoms with Crippen molar-refractivity contribution < 1.29 is 0 Å². The highest BCUT2D eigenvalue weighted by Crippen LogP contribution is 2.31. The maximum atomic E-state index is 4.54. The molecular formula is C16H27N. The lowest BCUT2D eigenvalue weighted by atomic mass is 9.79. The lowest BCUT2D eigenvalue weighted by Crippen LogP contribution is -2.22. The smallest absolute Gasteiger partial charge is 0.0462 e. The van der Waals surface area contributed by atoms with Crippen molar-refractivity contribution in [1.82, 2.24) is 4.98 Å². The Bertz CT molecular complexity index is 294. The van der Waals surface area contributed by atoms with Gasteiger partial charge < -0.3 is 0 Å². The monoisotopic (exact) mass is 233 g/mol. The van der Waals surface area contributed by atoms with Crippen molar-refractivity contribution in [3.05, 3.63) is 30.1 Å². The van der Waals surface area contributed by atoms with Crippen LogP contribution in [0.3, 0.4) is 0 Å². The zero-order valence-electron chi connectivity index (χ0n) is 11.7. The first-order chi connectivity index (χ1) is 8.23. The molecule has 0 N–H and O–H groups in total. The van der Waals surface area contributed by atoms with Gasteiger partial charge in [0.25, 0.3) is 0 Å². The molecule has 1 nitrogen and oxygen atoms in total.